The van der Waals surface area contributed by atoms with Crippen molar-refractivity contribution in [2.75, 3.05) is 26.3 Å². The van der Waals surface area contributed by atoms with Crippen LogP contribution in [0.15, 0.2) is 30.5 Å². The zero-order valence-electron chi connectivity index (χ0n) is 15.7. The minimum atomic E-state index is -0.275. The quantitative estimate of drug-likeness (QED) is 0.829. The molecule has 144 valence electrons. The van der Waals surface area contributed by atoms with Crippen LogP contribution in [0.5, 0.6) is 0 Å². The molecule has 1 aromatic heterocycles. The van der Waals surface area contributed by atoms with E-state index in [9.17, 15) is 9.18 Å². The molecule has 1 aromatic carbocycles. The van der Waals surface area contributed by atoms with Crippen LogP contribution in [0, 0.1) is 5.82 Å². The van der Waals surface area contributed by atoms with Crippen LogP contribution < -0.4 is 0 Å². The Kier molecular flexibility index (Phi) is 5.25. The van der Waals surface area contributed by atoms with Crippen LogP contribution in [0.4, 0.5) is 4.39 Å². The van der Waals surface area contributed by atoms with E-state index >= 15 is 0 Å². The lowest BCUT2D eigenvalue weighted by Gasteiger charge is -2.30. The molecule has 2 aliphatic heterocycles. The predicted molar refractivity (Wildman–Crippen MR) is 100 cm³/mol. The van der Waals surface area contributed by atoms with Gasteiger partial charge < -0.3 is 14.2 Å². The van der Waals surface area contributed by atoms with Crippen LogP contribution in [0.3, 0.4) is 0 Å². The molecule has 0 aliphatic carbocycles. The van der Waals surface area contributed by atoms with Crippen LogP contribution >= 0.6 is 0 Å². The van der Waals surface area contributed by atoms with E-state index in [1.807, 2.05) is 17.2 Å². The van der Waals surface area contributed by atoms with Gasteiger partial charge in [0, 0.05) is 49.8 Å². The average Bonchev–Trinajstić information content (AvgIpc) is 3.12. The van der Waals surface area contributed by atoms with Crippen molar-refractivity contribution in [3.63, 3.8) is 0 Å². The van der Waals surface area contributed by atoms with Gasteiger partial charge in [-0.2, -0.15) is 0 Å². The Bertz CT molecular complexity index is 814. The summed E-state index contributed by atoms with van der Waals surface area (Å²) in [5, 5.41) is 0. The van der Waals surface area contributed by atoms with Crippen molar-refractivity contribution in [2.45, 2.75) is 44.6 Å². The monoisotopic (exact) mass is 371 g/mol. The van der Waals surface area contributed by atoms with E-state index in [1.165, 1.54) is 6.07 Å². The van der Waals surface area contributed by atoms with Crippen LogP contribution in [-0.2, 0) is 16.0 Å². The molecule has 0 unspecified atom stereocenters. The second-order valence-corrected chi connectivity index (χ2v) is 7.52. The van der Waals surface area contributed by atoms with Crippen molar-refractivity contribution < 1.29 is 13.9 Å². The number of halogens is 1. The summed E-state index contributed by atoms with van der Waals surface area (Å²) in [7, 11) is 0. The summed E-state index contributed by atoms with van der Waals surface area (Å²) >= 11 is 0. The largest absolute Gasteiger partial charge is 0.378 e. The number of morpholine rings is 1. The number of carbonyl (C=O) groups excluding carboxylic acids is 1. The number of aromatic nitrogens is 2. The van der Waals surface area contributed by atoms with Crippen molar-refractivity contribution in [2.24, 2.45) is 0 Å². The number of carbonyl (C=O) groups is 1. The van der Waals surface area contributed by atoms with Gasteiger partial charge in [0.2, 0.25) is 5.91 Å². The molecule has 1 saturated heterocycles. The topological polar surface area (TPSA) is 47.4 Å². The third-order valence-corrected chi connectivity index (χ3v) is 5.72. The first-order valence-electron chi connectivity index (χ1n) is 9.80. The fraction of sp³-hybridized carbons (Fsp3) is 0.524. The molecule has 0 saturated carbocycles. The van der Waals surface area contributed by atoms with Gasteiger partial charge in [0.1, 0.15) is 11.6 Å². The molecule has 0 radical (unpaired) electrons. The van der Waals surface area contributed by atoms with Crippen molar-refractivity contribution in [3.05, 3.63) is 53.4 Å². The van der Waals surface area contributed by atoms with E-state index in [2.05, 4.69) is 16.5 Å². The summed E-state index contributed by atoms with van der Waals surface area (Å²) in [6, 6.07) is 6.96. The molecule has 2 aliphatic rings. The summed E-state index contributed by atoms with van der Waals surface area (Å²) < 4.78 is 21.6. The van der Waals surface area contributed by atoms with Gasteiger partial charge in [0.25, 0.3) is 0 Å². The lowest BCUT2D eigenvalue weighted by Crippen LogP contribution is -2.41. The van der Waals surface area contributed by atoms with Crippen LogP contribution in [0.2, 0.25) is 0 Å². The zero-order valence-corrected chi connectivity index (χ0v) is 15.7. The second kappa shape index (κ2) is 7.80. The summed E-state index contributed by atoms with van der Waals surface area (Å²) in [4.78, 5) is 19.4. The Hall–Kier alpha value is -2.21. The Balaban J connectivity index is 1.69. The Morgan fingerprint density at radius 2 is 2.19 bits per heavy atom. The fourth-order valence-electron chi connectivity index (χ4n) is 4.28. The minimum absolute atomic E-state index is 0.0894. The number of rotatable bonds is 4. The third-order valence-electron chi connectivity index (χ3n) is 5.72. The van der Waals surface area contributed by atoms with Gasteiger partial charge >= 0.3 is 0 Å². The summed E-state index contributed by atoms with van der Waals surface area (Å²) in [6.45, 7) is 4.59. The smallest absolute Gasteiger partial charge is 0.223 e. The second-order valence-electron chi connectivity index (χ2n) is 7.52. The predicted octanol–water partition coefficient (Wildman–Crippen LogP) is 3.30. The zero-order chi connectivity index (χ0) is 18.8. The SMILES string of the molecule is C[C@H]1CCCc2ncc([C@H](CC(=O)N3CCOCC3)c3cccc(F)c3)n21. The molecule has 0 N–H and O–H groups in total. The Morgan fingerprint density at radius 1 is 1.37 bits per heavy atom. The number of hydrogen-bond acceptors (Lipinski definition) is 3. The highest BCUT2D eigenvalue weighted by Gasteiger charge is 2.29. The number of hydrogen-bond donors (Lipinski definition) is 0. The van der Waals surface area contributed by atoms with E-state index in [0.717, 1.165) is 36.3 Å². The number of benzene rings is 1. The van der Waals surface area contributed by atoms with Gasteiger partial charge in [0.05, 0.1) is 13.2 Å². The van der Waals surface area contributed by atoms with Gasteiger partial charge in [-0.3, -0.25) is 4.79 Å². The highest BCUT2D eigenvalue weighted by atomic mass is 19.1. The van der Waals surface area contributed by atoms with Crippen molar-refractivity contribution in [1.82, 2.24) is 14.5 Å². The van der Waals surface area contributed by atoms with Crippen molar-refractivity contribution >= 4 is 5.91 Å². The number of nitrogens with zero attached hydrogens (tertiary/aromatic N) is 3. The normalized spacial score (nSPS) is 21.0. The number of amides is 1. The maximum Gasteiger partial charge on any atom is 0.223 e. The van der Waals surface area contributed by atoms with Crippen LogP contribution in [0.1, 0.15) is 55.2 Å². The maximum absolute atomic E-state index is 13.9. The van der Waals surface area contributed by atoms with Crippen LogP contribution in [-0.4, -0.2) is 46.7 Å². The number of fused-ring (bicyclic) bond motifs is 1. The highest BCUT2D eigenvalue weighted by molar-refractivity contribution is 5.77. The molecule has 2 aromatic rings. The number of ether oxygens (including phenoxy) is 1. The van der Waals surface area contributed by atoms with Gasteiger partial charge in [-0.15, -0.1) is 0 Å². The summed E-state index contributed by atoms with van der Waals surface area (Å²) in [5.41, 5.74) is 1.85. The van der Waals surface area contributed by atoms with Gasteiger partial charge in [-0.1, -0.05) is 12.1 Å². The van der Waals surface area contributed by atoms with E-state index in [1.54, 1.807) is 12.1 Å². The maximum atomic E-state index is 13.9. The molecule has 2 atom stereocenters. The number of imidazole rings is 1. The number of aryl methyl sites for hydroxylation is 1. The van der Waals surface area contributed by atoms with Crippen molar-refractivity contribution in [1.29, 1.82) is 0 Å². The summed E-state index contributed by atoms with van der Waals surface area (Å²) in [5.74, 6) is 0.691. The van der Waals surface area contributed by atoms with Crippen molar-refractivity contribution in [3.8, 4) is 0 Å². The first-order chi connectivity index (χ1) is 13.1. The van der Waals surface area contributed by atoms with E-state index < -0.39 is 0 Å². The van der Waals surface area contributed by atoms with E-state index in [4.69, 9.17) is 4.74 Å². The fourth-order valence-corrected chi connectivity index (χ4v) is 4.28. The average molecular weight is 371 g/mol. The molecule has 1 amide bonds. The molecule has 27 heavy (non-hydrogen) atoms. The lowest BCUT2D eigenvalue weighted by atomic mass is 9.91. The third kappa shape index (κ3) is 3.76. The molecule has 0 spiro atoms. The first-order valence-corrected chi connectivity index (χ1v) is 9.80. The Labute approximate surface area is 159 Å². The van der Waals surface area contributed by atoms with Gasteiger partial charge in [0.15, 0.2) is 0 Å². The first kappa shape index (κ1) is 18.2. The molecule has 5 nitrogen and oxygen atoms in total. The molecule has 6 heteroatoms. The van der Waals surface area contributed by atoms with E-state index in [0.29, 0.717) is 38.8 Å². The molecule has 0 bridgehead atoms. The molecule has 1 fully saturated rings. The standard InChI is InChI=1S/C21H26FN3O2/c1-15-4-2-7-20-23-14-19(25(15)20)18(16-5-3-6-17(22)12-16)13-21(26)24-8-10-27-11-9-24/h3,5-6,12,14-15,18H,2,4,7-11,13H2,1H3/t15-,18+/m0/s1. The molecular weight excluding hydrogens is 345 g/mol. The summed E-state index contributed by atoms with van der Waals surface area (Å²) in [6.07, 6.45) is 5.40. The van der Waals surface area contributed by atoms with Gasteiger partial charge in [-0.25, -0.2) is 9.37 Å². The Morgan fingerprint density at radius 3 is 2.96 bits per heavy atom. The lowest BCUT2D eigenvalue weighted by molar-refractivity contribution is -0.135. The van der Waals surface area contributed by atoms with Crippen LogP contribution in [0.25, 0.3) is 0 Å². The van der Waals surface area contributed by atoms with Gasteiger partial charge in [-0.05, 0) is 37.5 Å². The van der Waals surface area contributed by atoms with E-state index in [-0.39, 0.29) is 17.6 Å². The minimum Gasteiger partial charge on any atom is -0.378 e. The highest BCUT2D eigenvalue weighted by Crippen LogP contribution is 2.35. The molecular formula is C21H26FN3O2. The molecule has 3 heterocycles. The molecule has 4 rings (SSSR count).